The molecule has 1 amide bonds. The molecule has 0 fully saturated rings. The number of amides is 1. The summed E-state index contributed by atoms with van der Waals surface area (Å²) in [5.74, 6) is -0.174. The zero-order valence-electron chi connectivity index (χ0n) is 12.4. The number of carbonyl (C=O) groups excluding carboxylic acids is 1. The summed E-state index contributed by atoms with van der Waals surface area (Å²) in [7, 11) is 0. The minimum absolute atomic E-state index is 0.174. The highest BCUT2D eigenvalue weighted by Crippen LogP contribution is 2.14. The van der Waals surface area contributed by atoms with Crippen LogP contribution in [0.25, 0.3) is 5.69 Å². The van der Waals surface area contributed by atoms with E-state index in [1.807, 2.05) is 36.7 Å². The molecule has 2 N–H and O–H groups in total. The van der Waals surface area contributed by atoms with Crippen LogP contribution in [-0.2, 0) is 0 Å². The Morgan fingerprint density at radius 3 is 2.48 bits per heavy atom. The molecular weight excluding hydrogens is 266 g/mol. The molecule has 2 aromatic rings. The number of nitrogens with zero attached hydrogens (tertiary/aromatic N) is 2. The number of imidazole rings is 1. The lowest BCUT2D eigenvalue weighted by atomic mass is 9.97. The molecule has 21 heavy (non-hydrogen) atoms. The molecule has 0 aliphatic heterocycles. The van der Waals surface area contributed by atoms with Crippen LogP contribution in [0.3, 0.4) is 0 Å². The molecule has 0 bridgehead atoms. The van der Waals surface area contributed by atoms with Gasteiger partial charge in [0.1, 0.15) is 0 Å². The second-order valence-corrected chi connectivity index (χ2v) is 5.13. The predicted molar refractivity (Wildman–Crippen MR) is 81.4 cm³/mol. The number of nitrogens with one attached hydrogen (secondary N) is 1. The minimum atomic E-state index is -0.827. The maximum Gasteiger partial charge on any atom is 0.251 e. The van der Waals surface area contributed by atoms with E-state index in [-0.39, 0.29) is 12.5 Å². The molecule has 0 spiro atoms. The Hall–Kier alpha value is -2.14. The molecule has 1 heterocycles. The van der Waals surface area contributed by atoms with Crippen molar-refractivity contribution in [2.24, 2.45) is 0 Å². The molecule has 2 rings (SSSR count). The lowest BCUT2D eigenvalue weighted by Crippen LogP contribution is -2.42. The summed E-state index contributed by atoms with van der Waals surface area (Å²) in [6.45, 7) is 4.09. The van der Waals surface area contributed by atoms with E-state index in [1.54, 1.807) is 24.7 Å². The van der Waals surface area contributed by atoms with Crippen LogP contribution in [0.15, 0.2) is 43.0 Å². The fourth-order valence-electron chi connectivity index (χ4n) is 2.04. The van der Waals surface area contributed by atoms with Gasteiger partial charge in [-0.15, -0.1) is 0 Å². The highest BCUT2D eigenvalue weighted by atomic mass is 16.3. The van der Waals surface area contributed by atoms with Crippen LogP contribution in [0.5, 0.6) is 0 Å². The SMILES string of the molecule is CCC(O)(CC)CNC(=O)c1ccc(-n2ccnc2)cc1. The van der Waals surface area contributed by atoms with Gasteiger partial charge in [0.15, 0.2) is 0 Å². The molecule has 0 saturated heterocycles. The fraction of sp³-hybridized carbons (Fsp3) is 0.375. The zero-order valence-corrected chi connectivity index (χ0v) is 12.4. The van der Waals surface area contributed by atoms with E-state index in [0.717, 1.165) is 5.69 Å². The molecule has 5 nitrogen and oxygen atoms in total. The van der Waals surface area contributed by atoms with Gasteiger partial charge in [-0.25, -0.2) is 4.98 Å². The van der Waals surface area contributed by atoms with E-state index in [4.69, 9.17) is 0 Å². The van der Waals surface area contributed by atoms with Crippen molar-refractivity contribution in [3.8, 4) is 5.69 Å². The molecule has 0 unspecified atom stereocenters. The van der Waals surface area contributed by atoms with Crippen molar-refractivity contribution in [1.82, 2.24) is 14.9 Å². The van der Waals surface area contributed by atoms with Crippen LogP contribution >= 0.6 is 0 Å². The van der Waals surface area contributed by atoms with Crippen molar-refractivity contribution in [2.45, 2.75) is 32.3 Å². The smallest absolute Gasteiger partial charge is 0.251 e. The summed E-state index contributed by atoms with van der Waals surface area (Å²) in [4.78, 5) is 16.1. The zero-order chi connectivity index (χ0) is 15.3. The van der Waals surface area contributed by atoms with E-state index >= 15 is 0 Å². The monoisotopic (exact) mass is 287 g/mol. The first-order valence-corrected chi connectivity index (χ1v) is 7.17. The van der Waals surface area contributed by atoms with Gasteiger partial charge in [0.25, 0.3) is 5.91 Å². The first-order valence-electron chi connectivity index (χ1n) is 7.17. The molecule has 1 aromatic carbocycles. The Bertz CT molecular complexity index is 572. The topological polar surface area (TPSA) is 67.2 Å². The van der Waals surface area contributed by atoms with Crippen LogP contribution in [0.4, 0.5) is 0 Å². The lowest BCUT2D eigenvalue weighted by molar-refractivity contribution is 0.0314. The predicted octanol–water partition coefficient (Wildman–Crippen LogP) is 2.15. The van der Waals surface area contributed by atoms with Crippen LogP contribution in [0.2, 0.25) is 0 Å². The summed E-state index contributed by atoms with van der Waals surface area (Å²) in [6, 6.07) is 7.26. The highest BCUT2D eigenvalue weighted by molar-refractivity contribution is 5.94. The van der Waals surface area contributed by atoms with Gasteiger partial charge in [-0.1, -0.05) is 13.8 Å². The largest absolute Gasteiger partial charge is 0.388 e. The number of aliphatic hydroxyl groups is 1. The van der Waals surface area contributed by atoms with Crippen molar-refractivity contribution in [3.63, 3.8) is 0 Å². The van der Waals surface area contributed by atoms with E-state index in [1.165, 1.54) is 0 Å². The second-order valence-electron chi connectivity index (χ2n) is 5.13. The van der Waals surface area contributed by atoms with E-state index in [9.17, 15) is 9.90 Å². The average molecular weight is 287 g/mol. The normalized spacial score (nSPS) is 11.4. The van der Waals surface area contributed by atoms with Gasteiger partial charge in [-0.3, -0.25) is 4.79 Å². The Morgan fingerprint density at radius 2 is 1.95 bits per heavy atom. The lowest BCUT2D eigenvalue weighted by Gasteiger charge is -2.25. The molecule has 0 aliphatic rings. The van der Waals surface area contributed by atoms with Gasteiger partial charge in [-0.2, -0.15) is 0 Å². The van der Waals surface area contributed by atoms with E-state index in [2.05, 4.69) is 10.3 Å². The Labute approximate surface area is 124 Å². The number of hydrogen-bond acceptors (Lipinski definition) is 3. The molecule has 0 aliphatic carbocycles. The van der Waals surface area contributed by atoms with Gasteiger partial charge in [0.05, 0.1) is 11.9 Å². The van der Waals surface area contributed by atoms with Crippen molar-refractivity contribution in [1.29, 1.82) is 0 Å². The standard InChI is InChI=1S/C16H21N3O2/c1-3-16(21,4-2)11-18-15(20)13-5-7-14(8-6-13)19-10-9-17-12-19/h5-10,12,21H,3-4,11H2,1-2H3,(H,18,20). The van der Waals surface area contributed by atoms with Crippen molar-refractivity contribution in [2.75, 3.05) is 6.54 Å². The van der Waals surface area contributed by atoms with Crippen LogP contribution in [-0.4, -0.2) is 32.7 Å². The molecule has 0 atom stereocenters. The van der Waals surface area contributed by atoms with E-state index < -0.39 is 5.60 Å². The van der Waals surface area contributed by atoms with Crippen molar-refractivity contribution >= 4 is 5.91 Å². The maximum absolute atomic E-state index is 12.1. The first-order chi connectivity index (χ1) is 10.1. The minimum Gasteiger partial charge on any atom is -0.388 e. The van der Waals surface area contributed by atoms with Gasteiger partial charge in [-0.05, 0) is 37.1 Å². The van der Waals surface area contributed by atoms with Crippen LogP contribution in [0.1, 0.15) is 37.0 Å². The third-order valence-electron chi connectivity index (χ3n) is 3.83. The summed E-state index contributed by atoms with van der Waals surface area (Å²) >= 11 is 0. The quantitative estimate of drug-likeness (QED) is 0.855. The Morgan fingerprint density at radius 1 is 1.29 bits per heavy atom. The van der Waals surface area contributed by atoms with Crippen LogP contribution < -0.4 is 5.32 Å². The number of aromatic nitrogens is 2. The number of rotatable bonds is 6. The molecule has 0 radical (unpaired) electrons. The molecular formula is C16H21N3O2. The van der Waals surface area contributed by atoms with Gasteiger partial charge >= 0.3 is 0 Å². The van der Waals surface area contributed by atoms with Gasteiger partial charge < -0.3 is 15.0 Å². The third kappa shape index (κ3) is 3.70. The van der Waals surface area contributed by atoms with Crippen molar-refractivity contribution in [3.05, 3.63) is 48.5 Å². The fourth-order valence-corrected chi connectivity index (χ4v) is 2.04. The first kappa shape index (κ1) is 15.3. The summed E-state index contributed by atoms with van der Waals surface area (Å²) in [6.07, 6.45) is 6.49. The highest BCUT2D eigenvalue weighted by Gasteiger charge is 2.22. The van der Waals surface area contributed by atoms with Crippen molar-refractivity contribution < 1.29 is 9.90 Å². The molecule has 5 heteroatoms. The van der Waals surface area contributed by atoms with Crippen LogP contribution in [0, 0.1) is 0 Å². The number of benzene rings is 1. The molecule has 112 valence electrons. The maximum atomic E-state index is 12.1. The third-order valence-corrected chi connectivity index (χ3v) is 3.83. The average Bonchev–Trinajstić information content (AvgIpc) is 3.07. The van der Waals surface area contributed by atoms with Gasteiger partial charge in [0, 0.05) is 30.2 Å². The Kier molecular flexibility index (Phi) is 4.75. The van der Waals surface area contributed by atoms with E-state index in [0.29, 0.717) is 18.4 Å². The number of carbonyl (C=O) groups is 1. The number of hydrogen-bond donors (Lipinski definition) is 2. The summed E-state index contributed by atoms with van der Waals surface area (Å²) in [5, 5.41) is 13.0. The summed E-state index contributed by atoms with van der Waals surface area (Å²) < 4.78 is 1.87. The second kappa shape index (κ2) is 6.54. The van der Waals surface area contributed by atoms with Gasteiger partial charge in [0.2, 0.25) is 0 Å². The molecule has 1 aromatic heterocycles. The molecule has 0 saturated carbocycles. The summed E-state index contributed by atoms with van der Waals surface area (Å²) in [5.41, 5.74) is 0.697. The Balaban J connectivity index is 2.00.